The van der Waals surface area contributed by atoms with Crippen molar-refractivity contribution in [2.75, 3.05) is 26.2 Å². The van der Waals surface area contributed by atoms with E-state index in [1.165, 1.54) is 4.90 Å². The van der Waals surface area contributed by atoms with E-state index in [1.54, 1.807) is 6.07 Å². The van der Waals surface area contributed by atoms with Gasteiger partial charge in [0, 0.05) is 31.7 Å². The Balaban J connectivity index is 1.97. The van der Waals surface area contributed by atoms with E-state index in [1.807, 2.05) is 0 Å². The molecule has 0 unspecified atom stereocenters. The number of ether oxygens (including phenoxy) is 1. The van der Waals surface area contributed by atoms with Gasteiger partial charge in [-0.1, -0.05) is 0 Å². The van der Waals surface area contributed by atoms with Crippen molar-refractivity contribution < 1.29 is 40.3 Å². The first-order valence-corrected chi connectivity index (χ1v) is 9.42. The molecule has 3 rings (SSSR count). The van der Waals surface area contributed by atoms with Gasteiger partial charge in [0.05, 0.1) is 11.1 Å². The number of nitrogens with one attached hydrogen (secondary N) is 1. The van der Waals surface area contributed by atoms with Crippen molar-refractivity contribution in [3.63, 3.8) is 0 Å². The lowest BCUT2D eigenvalue weighted by molar-refractivity contribution is -0.142. The molecule has 1 aliphatic rings. The maximum atomic E-state index is 13.9. The number of carbonyl (C=O) groups is 1. The van der Waals surface area contributed by atoms with Crippen LogP contribution in [-0.2, 0) is 19.0 Å². The molecule has 1 aliphatic heterocycles. The number of piperazine rings is 1. The Bertz CT molecular complexity index is 1090. The molecule has 1 saturated heterocycles. The largest absolute Gasteiger partial charge is 0.472 e. The molecule has 0 bridgehead atoms. The zero-order valence-corrected chi connectivity index (χ0v) is 16.6. The van der Waals surface area contributed by atoms with Crippen molar-refractivity contribution in [1.82, 2.24) is 15.2 Å². The second-order valence-electron chi connectivity index (χ2n) is 6.98. The van der Waals surface area contributed by atoms with Crippen molar-refractivity contribution in [2.24, 2.45) is 0 Å². The Kier molecular flexibility index (Phi) is 6.78. The number of amides is 1. The number of aromatic nitrogens is 1. The minimum atomic E-state index is -5.10. The second-order valence-corrected chi connectivity index (χ2v) is 6.98. The number of pyridine rings is 1. The molecule has 13 heteroatoms. The molecule has 0 atom stereocenters. The van der Waals surface area contributed by atoms with Crippen LogP contribution in [-0.4, -0.2) is 42.0 Å². The maximum absolute atomic E-state index is 13.9. The van der Waals surface area contributed by atoms with E-state index in [-0.39, 0.29) is 13.1 Å². The topological polar surface area (TPSA) is 78.3 Å². The zero-order valence-electron chi connectivity index (χ0n) is 16.6. The fourth-order valence-electron chi connectivity index (χ4n) is 3.11. The van der Waals surface area contributed by atoms with E-state index in [2.05, 4.69) is 10.3 Å². The third kappa shape index (κ3) is 5.51. The maximum Gasteiger partial charge on any atom is 0.434 e. The molecule has 0 saturated carbocycles. The molecule has 1 amide bonds. The summed E-state index contributed by atoms with van der Waals surface area (Å²) in [5.74, 6) is -2.97. The van der Waals surface area contributed by atoms with Crippen LogP contribution in [0.25, 0.3) is 0 Å². The molecule has 2 heterocycles. The van der Waals surface area contributed by atoms with Crippen molar-refractivity contribution >= 4 is 5.91 Å². The molecule has 1 aromatic carbocycles. The highest BCUT2D eigenvalue weighted by Gasteiger charge is 2.40. The molecule has 1 aromatic heterocycles. The van der Waals surface area contributed by atoms with Crippen molar-refractivity contribution in [1.29, 1.82) is 5.26 Å². The molecule has 176 valence electrons. The summed E-state index contributed by atoms with van der Waals surface area (Å²) in [7, 11) is 0. The summed E-state index contributed by atoms with van der Waals surface area (Å²) in [5, 5.41) is 12.3. The third-order valence-electron chi connectivity index (χ3n) is 4.75. The summed E-state index contributed by atoms with van der Waals surface area (Å²) < 4.78 is 98.4. The van der Waals surface area contributed by atoms with E-state index in [9.17, 15) is 40.8 Å². The second kappa shape index (κ2) is 9.22. The van der Waals surface area contributed by atoms with E-state index in [0.29, 0.717) is 37.4 Å². The highest BCUT2D eigenvalue weighted by molar-refractivity contribution is 5.96. The predicted octanol–water partition coefficient (Wildman–Crippen LogP) is 3.75. The van der Waals surface area contributed by atoms with Crippen LogP contribution in [0.1, 0.15) is 32.7 Å². The summed E-state index contributed by atoms with van der Waals surface area (Å²) in [6, 6.07) is 3.69. The predicted molar refractivity (Wildman–Crippen MR) is 98.5 cm³/mol. The first kappa shape index (κ1) is 24.2. The van der Waals surface area contributed by atoms with Gasteiger partial charge < -0.3 is 15.0 Å². The van der Waals surface area contributed by atoms with Crippen LogP contribution < -0.4 is 10.1 Å². The van der Waals surface area contributed by atoms with Gasteiger partial charge in [-0.05, 0) is 24.3 Å². The number of rotatable bonds is 4. The van der Waals surface area contributed by atoms with Crippen LogP contribution in [0.3, 0.4) is 0 Å². The number of alkyl halides is 6. The SMILES string of the molecule is N#Cc1cc(C(=O)N2CCNCC2)c(C(F)(F)F)nc1OCc1cc(C(F)(F)F)ccc1F. The summed E-state index contributed by atoms with van der Waals surface area (Å²) in [6.45, 7) is 0.0980. The number of hydrogen-bond acceptors (Lipinski definition) is 5. The molecule has 1 N–H and O–H groups in total. The quantitative estimate of drug-likeness (QED) is 0.681. The number of nitriles is 1. The normalized spacial score (nSPS) is 14.7. The lowest BCUT2D eigenvalue weighted by Crippen LogP contribution is -2.46. The van der Waals surface area contributed by atoms with E-state index < -0.39 is 64.5 Å². The van der Waals surface area contributed by atoms with Crippen LogP contribution in [0.5, 0.6) is 5.88 Å². The highest BCUT2D eigenvalue weighted by Crippen LogP contribution is 2.35. The third-order valence-corrected chi connectivity index (χ3v) is 4.75. The molecule has 33 heavy (non-hydrogen) atoms. The Labute approximate surface area is 182 Å². The van der Waals surface area contributed by atoms with Crippen molar-refractivity contribution in [3.05, 3.63) is 58.0 Å². The number of benzene rings is 1. The van der Waals surface area contributed by atoms with Crippen molar-refractivity contribution in [2.45, 2.75) is 19.0 Å². The van der Waals surface area contributed by atoms with Crippen LogP contribution >= 0.6 is 0 Å². The Morgan fingerprint density at radius 2 is 1.79 bits per heavy atom. The zero-order chi connectivity index (χ0) is 24.4. The van der Waals surface area contributed by atoms with E-state index in [0.717, 1.165) is 0 Å². The van der Waals surface area contributed by atoms with Gasteiger partial charge in [0.1, 0.15) is 24.1 Å². The number of nitrogens with zero attached hydrogens (tertiary/aromatic N) is 3. The average molecular weight is 476 g/mol. The molecule has 0 aliphatic carbocycles. The first-order chi connectivity index (χ1) is 15.4. The van der Waals surface area contributed by atoms with E-state index in [4.69, 9.17) is 4.74 Å². The number of halogens is 7. The van der Waals surface area contributed by atoms with Gasteiger partial charge in [-0.2, -0.15) is 31.6 Å². The van der Waals surface area contributed by atoms with E-state index >= 15 is 0 Å². The summed E-state index contributed by atoms with van der Waals surface area (Å²) in [6.07, 6.45) is -9.89. The summed E-state index contributed by atoms with van der Waals surface area (Å²) in [4.78, 5) is 17.1. The number of hydrogen-bond donors (Lipinski definition) is 1. The Morgan fingerprint density at radius 1 is 1.12 bits per heavy atom. The summed E-state index contributed by atoms with van der Waals surface area (Å²) in [5.41, 5.74) is -4.84. The van der Waals surface area contributed by atoms with Gasteiger partial charge in [0.2, 0.25) is 5.88 Å². The summed E-state index contributed by atoms with van der Waals surface area (Å²) >= 11 is 0. The highest BCUT2D eigenvalue weighted by atomic mass is 19.4. The molecular formula is C20H15F7N4O2. The monoisotopic (exact) mass is 476 g/mol. The van der Waals surface area contributed by atoms with Gasteiger partial charge in [0.15, 0.2) is 5.69 Å². The van der Waals surface area contributed by atoms with Crippen LogP contribution in [0.15, 0.2) is 24.3 Å². The standard InChI is InChI=1S/C20H15F7N4O2/c21-15-2-1-13(19(22,23)24)7-12(15)10-33-17-11(9-28)8-14(16(30-17)20(25,26)27)18(32)31-5-3-29-4-6-31/h1-2,7-8,29H,3-6,10H2. The minimum absolute atomic E-state index is 0.144. The minimum Gasteiger partial charge on any atom is -0.472 e. The lowest BCUT2D eigenvalue weighted by atomic mass is 10.1. The Hall–Kier alpha value is -3.40. The molecular weight excluding hydrogens is 461 g/mol. The van der Waals surface area contributed by atoms with Crippen molar-refractivity contribution in [3.8, 4) is 11.9 Å². The van der Waals surface area contributed by atoms with Gasteiger partial charge >= 0.3 is 12.4 Å². The van der Waals surface area contributed by atoms with Gasteiger partial charge in [-0.3, -0.25) is 4.79 Å². The van der Waals surface area contributed by atoms with Gasteiger partial charge in [-0.25, -0.2) is 9.37 Å². The molecule has 0 spiro atoms. The number of carbonyl (C=O) groups excluding carboxylic acids is 1. The van der Waals surface area contributed by atoms with Gasteiger partial charge in [0.25, 0.3) is 5.91 Å². The molecule has 6 nitrogen and oxygen atoms in total. The van der Waals surface area contributed by atoms with Crippen LogP contribution in [0.2, 0.25) is 0 Å². The first-order valence-electron chi connectivity index (χ1n) is 9.42. The molecule has 2 aromatic rings. The lowest BCUT2D eigenvalue weighted by Gasteiger charge is -2.28. The molecule has 0 radical (unpaired) electrons. The molecule has 1 fully saturated rings. The van der Waals surface area contributed by atoms with Crippen LogP contribution in [0, 0.1) is 17.1 Å². The Morgan fingerprint density at radius 3 is 2.36 bits per heavy atom. The fraction of sp³-hybridized carbons (Fsp3) is 0.350. The smallest absolute Gasteiger partial charge is 0.434 e. The van der Waals surface area contributed by atoms with Crippen LogP contribution in [0.4, 0.5) is 30.7 Å². The average Bonchev–Trinajstić information content (AvgIpc) is 2.76. The van der Waals surface area contributed by atoms with Gasteiger partial charge in [-0.15, -0.1) is 0 Å². The fourth-order valence-corrected chi connectivity index (χ4v) is 3.11.